The molecule has 1 N–H and O–H groups in total. The Balaban J connectivity index is 1.27. The number of likely N-dealkylation sites (tertiary alicyclic amines) is 1. The number of hydrogen-bond donors (Lipinski definition) is 1. The van der Waals surface area contributed by atoms with Gasteiger partial charge in [-0.15, -0.1) is 11.8 Å². The molecule has 0 unspecified atom stereocenters. The molecule has 0 radical (unpaired) electrons. The Kier molecular flexibility index (Phi) is 9.93. The van der Waals surface area contributed by atoms with Crippen LogP contribution in [0.3, 0.4) is 0 Å². The monoisotopic (exact) mass is 546 g/mol. The Labute approximate surface area is 228 Å². The molecule has 2 heterocycles. The average Bonchev–Trinajstić information content (AvgIpc) is 2.94. The third-order valence-electron chi connectivity index (χ3n) is 7.51. The molecular weight excluding hydrogens is 511 g/mol. The van der Waals surface area contributed by atoms with Crippen molar-refractivity contribution < 1.29 is 19.0 Å². The number of aromatic nitrogens is 1. The van der Waals surface area contributed by atoms with Crippen LogP contribution in [0.1, 0.15) is 43.8 Å². The molecule has 3 aromatic rings. The van der Waals surface area contributed by atoms with Crippen molar-refractivity contribution >= 4 is 34.3 Å². The molecule has 1 aromatic heterocycles. The largest absolute Gasteiger partial charge is 0.497 e. The van der Waals surface area contributed by atoms with E-state index in [1.54, 1.807) is 20.3 Å². The third-order valence-corrected chi connectivity index (χ3v) is 8.91. The van der Waals surface area contributed by atoms with Crippen LogP contribution in [0.4, 0.5) is 4.39 Å². The first-order valence-corrected chi connectivity index (χ1v) is 14.2. The van der Waals surface area contributed by atoms with Crippen molar-refractivity contribution in [2.45, 2.75) is 43.2 Å². The van der Waals surface area contributed by atoms with Gasteiger partial charge in [-0.2, -0.15) is 0 Å². The molecule has 1 aliphatic heterocycles. The fourth-order valence-electron chi connectivity index (χ4n) is 5.08. The average molecular weight is 547 g/mol. The summed E-state index contributed by atoms with van der Waals surface area (Å²) in [7, 11) is 3.26. The van der Waals surface area contributed by atoms with E-state index in [0.717, 1.165) is 50.4 Å². The van der Waals surface area contributed by atoms with Gasteiger partial charge in [-0.25, -0.2) is 4.39 Å². The molecule has 5 nitrogen and oxygen atoms in total. The number of ether oxygens (including phenoxy) is 2. The SMILES string of the molecule is COc1ccc(SCCCN2CCC(CO)(CC[C@@H](F)c3c(Cl)cnc4ccc(OC)cc34)CC2)cc1. The van der Waals surface area contributed by atoms with Crippen molar-refractivity contribution in [3.8, 4) is 11.5 Å². The van der Waals surface area contributed by atoms with Crippen LogP contribution in [0.15, 0.2) is 53.6 Å². The van der Waals surface area contributed by atoms with Gasteiger partial charge in [0.2, 0.25) is 0 Å². The fourth-order valence-corrected chi connectivity index (χ4v) is 6.19. The second-order valence-corrected chi connectivity index (χ2v) is 11.4. The summed E-state index contributed by atoms with van der Waals surface area (Å²) in [5.74, 6) is 2.58. The summed E-state index contributed by atoms with van der Waals surface area (Å²) in [5.41, 5.74) is 0.912. The van der Waals surface area contributed by atoms with Crippen molar-refractivity contribution in [1.29, 1.82) is 0 Å². The summed E-state index contributed by atoms with van der Waals surface area (Å²) < 4.78 is 26.2. The van der Waals surface area contributed by atoms with E-state index in [1.165, 1.54) is 11.1 Å². The quantitative estimate of drug-likeness (QED) is 0.196. The lowest BCUT2D eigenvalue weighted by molar-refractivity contribution is 0.0304. The summed E-state index contributed by atoms with van der Waals surface area (Å²) in [6.45, 7) is 2.98. The van der Waals surface area contributed by atoms with E-state index >= 15 is 4.39 Å². The van der Waals surface area contributed by atoms with Crippen molar-refractivity contribution in [2.75, 3.05) is 46.2 Å². The molecule has 1 fully saturated rings. The number of aliphatic hydroxyl groups excluding tert-OH is 1. The molecular formula is C29H36ClFN2O3S. The molecule has 1 aliphatic rings. The van der Waals surface area contributed by atoms with Crippen molar-refractivity contribution in [3.63, 3.8) is 0 Å². The van der Waals surface area contributed by atoms with Crippen molar-refractivity contribution in [1.82, 2.24) is 9.88 Å². The highest BCUT2D eigenvalue weighted by Gasteiger charge is 2.35. The summed E-state index contributed by atoms with van der Waals surface area (Å²) in [5, 5.41) is 11.3. The predicted octanol–water partition coefficient (Wildman–Crippen LogP) is 6.95. The summed E-state index contributed by atoms with van der Waals surface area (Å²) in [6, 6.07) is 13.6. The van der Waals surface area contributed by atoms with Gasteiger partial charge >= 0.3 is 0 Å². The van der Waals surface area contributed by atoms with Crippen LogP contribution in [-0.2, 0) is 0 Å². The minimum Gasteiger partial charge on any atom is -0.497 e. The Bertz CT molecular complexity index is 1160. The van der Waals surface area contributed by atoms with E-state index in [-0.39, 0.29) is 12.0 Å². The van der Waals surface area contributed by atoms with Gasteiger partial charge in [0.05, 0.1) is 24.8 Å². The molecule has 1 saturated heterocycles. The second-order valence-electron chi connectivity index (χ2n) is 9.79. The fraction of sp³-hybridized carbons (Fsp3) is 0.483. The number of fused-ring (bicyclic) bond motifs is 1. The molecule has 1 atom stereocenters. The zero-order valence-electron chi connectivity index (χ0n) is 21.6. The maximum Gasteiger partial charge on any atom is 0.127 e. The highest BCUT2D eigenvalue weighted by atomic mass is 35.5. The van der Waals surface area contributed by atoms with Gasteiger partial charge in [-0.3, -0.25) is 4.98 Å². The van der Waals surface area contributed by atoms with Crippen molar-refractivity contribution in [2.24, 2.45) is 5.41 Å². The molecule has 0 spiro atoms. The number of nitrogens with zero attached hydrogens (tertiary/aromatic N) is 2. The van der Waals surface area contributed by atoms with E-state index < -0.39 is 6.17 Å². The number of rotatable bonds is 12. The summed E-state index contributed by atoms with van der Waals surface area (Å²) >= 11 is 8.27. The Morgan fingerprint density at radius 3 is 2.49 bits per heavy atom. The van der Waals surface area contributed by atoms with E-state index in [1.807, 2.05) is 36.0 Å². The number of benzene rings is 2. The molecule has 0 aliphatic carbocycles. The van der Waals surface area contributed by atoms with Gasteiger partial charge in [0, 0.05) is 28.6 Å². The molecule has 37 heavy (non-hydrogen) atoms. The van der Waals surface area contributed by atoms with Gasteiger partial charge in [-0.05, 0) is 105 Å². The van der Waals surface area contributed by atoms with Crippen LogP contribution in [-0.4, -0.2) is 61.2 Å². The van der Waals surface area contributed by atoms with Crippen LogP contribution in [0.25, 0.3) is 10.9 Å². The molecule has 0 bridgehead atoms. The maximum atomic E-state index is 15.6. The topological polar surface area (TPSA) is 54.8 Å². The van der Waals surface area contributed by atoms with Crippen LogP contribution in [0.2, 0.25) is 5.02 Å². The van der Waals surface area contributed by atoms with Gasteiger partial charge in [-0.1, -0.05) is 11.6 Å². The minimum atomic E-state index is -1.23. The van der Waals surface area contributed by atoms with E-state index in [0.29, 0.717) is 40.1 Å². The zero-order chi connectivity index (χ0) is 26.3. The van der Waals surface area contributed by atoms with Crippen LogP contribution in [0.5, 0.6) is 11.5 Å². The van der Waals surface area contributed by atoms with Gasteiger partial charge in [0.25, 0.3) is 0 Å². The molecule has 200 valence electrons. The molecule has 4 rings (SSSR count). The maximum absolute atomic E-state index is 15.6. The number of pyridine rings is 1. The van der Waals surface area contributed by atoms with E-state index in [2.05, 4.69) is 22.0 Å². The lowest BCUT2D eigenvalue weighted by Crippen LogP contribution is -2.42. The molecule has 0 saturated carbocycles. The smallest absolute Gasteiger partial charge is 0.127 e. The Hall–Kier alpha value is -2.06. The normalized spacial score (nSPS) is 16.6. The van der Waals surface area contributed by atoms with Crippen LogP contribution >= 0.6 is 23.4 Å². The third kappa shape index (κ3) is 7.08. The summed E-state index contributed by atoms with van der Waals surface area (Å²) in [6.07, 6.45) is 4.07. The predicted molar refractivity (Wildman–Crippen MR) is 150 cm³/mol. The number of aliphatic hydroxyl groups is 1. The standard InChI is InChI=1S/C29H36ClFN2O3S/c1-35-21-4-7-23(8-5-21)37-17-3-14-33-15-12-29(20-34,13-16-33)11-10-26(31)28-24-18-22(36-2)6-9-27(24)32-19-25(28)30/h4-9,18-19,26,34H,3,10-17,20H2,1-2H3/t26-/m1/s1. The number of hydrogen-bond acceptors (Lipinski definition) is 6. The molecule has 0 amide bonds. The Morgan fingerprint density at radius 1 is 1.11 bits per heavy atom. The first-order chi connectivity index (χ1) is 18.0. The minimum absolute atomic E-state index is 0.0829. The first kappa shape index (κ1) is 28.0. The highest BCUT2D eigenvalue weighted by molar-refractivity contribution is 7.99. The number of halogens is 2. The van der Waals surface area contributed by atoms with Gasteiger partial charge in [0.1, 0.15) is 17.7 Å². The van der Waals surface area contributed by atoms with Crippen LogP contribution in [0, 0.1) is 5.41 Å². The molecule has 8 heteroatoms. The summed E-state index contributed by atoms with van der Waals surface area (Å²) in [4.78, 5) is 8.05. The van der Waals surface area contributed by atoms with E-state index in [4.69, 9.17) is 21.1 Å². The number of methoxy groups -OCH3 is 2. The van der Waals surface area contributed by atoms with E-state index in [9.17, 15) is 5.11 Å². The van der Waals surface area contributed by atoms with Gasteiger partial charge in [0.15, 0.2) is 0 Å². The van der Waals surface area contributed by atoms with Crippen molar-refractivity contribution in [3.05, 3.63) is 59.2 Å². The lowest BCUT2D eigenvalue weighted by Gasteiger charge is -2.41. The second kappa shape index (κ2) is 13.1. The van der Waals surface area contributed by atoms with Gasteiger partial charge < -0.3 is 19.5 Å². The zero-order valence-corrected chi connectivity index (χ0v) is 23.2. The molecule has 2 aromatic carbocycles. The van der Waals surface area contributed by atoms with Crippen LogP contribution < -0.4 is 9.47 Å². The lowest BCUT2D eigenvalue weighted by atomic mass is 9.74. The Morgan fingerprint density at radius 2 is 1.81 bits per heavy atom. The number of thioether (sulfide) groups is 1. The number of piperidine rings is 1. The highest BCUT2D eigenvalue weighted by Crippen LogP contribution is 2.42. The number of alkyl halides is 1. The first-order valence-electron chi connectivity index (χ1n) is 12.8.